The van der Waals surface area contributed by atoms with Crippen LogP contribution >= 0.6 is 0 Å². The van der Waals surface area contributed by atoms with Crippen molar-refractivity contribution in [3.05, 3.63) is 0 Å². The van der Waals surface area contributed by atoms with Crippen molar-refractivity contribution in [2.45, 2.75) is 38.1 Å². The maximum absolute atomic E-state index is 12.2. The van der Waals surface area contributed by atoms with E-state index in [0.717, 1.165) is 25.9 Å². The number of piperazine rings is 1. The third-order valence-corrected chi connectivity index (χ3v) is 4.11. The minimum atomic E-state index is 0.0559. The fourth-order valence-corrected chi connectivity index (χ4v) is 2.88. The van der Waals surface area contributed by atoms with E-state index in [2.05, 4.69) is 15.4 Å². The molecular weight excluding hydrogens is 258 g/mol. The summed E-state index contributed by atoms with van der Waals surface area (Å²) in [5, 5.41) is 14.7. The van der Waals surface area contributed by atoms with Gasteiger partial charge in [0.15, 0.2) is 5.84 Å². The van der Waals surface area contributed by atoms with Gasteiger partial charge >= 0.3 is 6.03 Å². The summed E-state index contributed by atoms with van der Waals surface area (Å²) < 4.78 is 0. The summed E-state index contributed by atoms with van der Waals surface area (Å²) in [5.41, 5.74) is 5.49. The molecule has 1 aliphatic heterocycles. The maximum atomic E-state index is 12.2. The van der Waals surface area contributed by atoms with E-state index >= 15 is 0 Å². The van der Waals surface area contributed by atoms with Crippen molar-refractivity contribution < 1.29 is 10.0 Å². The van der Waals surface area contributed by atoms with Crippen LogP contribution in [0, 0.1) is 0 Å². The third kappa shape index (κ3) is 4.26. The number of oxime groups is 1. The molecule has 0 spiro atoms. The van der Waals surface area contributed by atoms with Crippen LogP contribution in [0.15, 0.2) is 5.16 Å². The van der Waals surface area contributed by atoms with Gasteiger partial charge in [-0.15, -0.1) is 0 Å². The zero-order valence-electron chi connectivity index (χ0n) is 11.9. The summed E-state index contributed by atoms with van der Waals surface area (Å²) in [5.74, 6) is 0.213. The van der Waals surface area contributed by atoms with Gasteiger partial charge in [-0.3, -0.25) is 4.90 Å². The first-order valence-corrected chi connectivity index (χ1v) is 7.43. The fraction of sp³-hybridized carbons (Fsp3) is 0.846. The molecule has 0 aromatic rings. The molecule has 0 radical (unpaired) electrons. The number of rotatable bonds is 3. The van der Waals surface area contributed by atoms with Crippen molar-refractivity contribution in [1.82, 2.24) is 15.1 Å². The molecule has 7 heteroatoms. The Kier molecular flexibility index (Phi) is 5.46. The van der Waals surface area contributed by atoms with E-state index in [-0.39, 0.29) is 11.9 Å². The molecule has 2 aliphatic rings. The number of amidine groups is 1. The summed E-state index contributed by atoms with van der Waals surface area (Å²) in [7, 11) is 0. The van der Waals surface area contributed by atoms with E-state index < -0.39 is 0 Å². The summed E-state index contributed by atoms with van der Waals surface area (Å²) >= 11 is 0. The number of hydrogen-bond donors (Lipinski definition) is 3. The van der Waals surface area contributed by atoms with E-state index in [0.29, 0.717) is 25.7 Å². The Balaban J connectivity index is 1.71. The average molecular weight is 283 g/mol. The molecule has 1 saturated carbocycles. The lowest BCUT2D eigenvalue weighted by atomic mass is 9.96. The third-order valence-electron chi connectivity index (χ3n) is 4.11. The number of amides is 2. The van der Waals surface area contributed by atoms with Gasteiger partial charge in [-0.1, -0.05) is 24.4 Å². The molecule has 0 bridgehead atoms. The van der Waals surface area contributed by atoms with Gasteiger partial charge in [0.05, 0.1) is 6.54 Å². The molecule has 4 N–H and O–H groups in total. The van der Waals surface area contributed by atoms with E-state index in [9.17, 15) is 4.79 Å². The molecule has 0 aromatic carbocycles. The monoisotopic (exact) mass is 283 g/mol. The highest BCUT2D eigenvalue weighted by Crippen LogP contribution is 2.17. The molecule has 1 saturated heterocycles. The Labute approximate surface area is 119 Å². The molecule has 0 unspecified atom stereocenters. The molecule has 7 nitrogen and oxygen atoms in total. The van der Waals surface area contributed by atoms with E-state index in [1.807, 2.05) is 4.90 Å². The standard InChI is InChI=1S/C13H25N5O2/c14-12(16-20)10-17-6-8-18(9-7-17)13(19)15-11-4-2-1-3-5-11/h11,20H,1-10H2,(H2,14,16)(H,15,19). The molecule has 20 heavy (non-hydrogen) atoms. The van der Waals surface area contributed by atoms with Crippen molar-refractivity contribution in [2.75, 3.05) is 32.7 Å². The molecule has 1 heterocycles. The molecular formula is C13H25N5O2. The smallest absolute Gasteiger partial charge is 0.317 e. The number of urea groups is 1. The van der Waals surface area contributed by atoms with Gasteiger partial charge in [-0.25, -0.2) is 4.79 Å². The van der Waals surface area contributed by atoms with Gasteiger partial charge in [0.2, 0.25) is 0 Å². The first-order chi connectivity index (χ1) is 9.69. The molecule has 0 atom stereocenters. The second-order valence-corrected chi connectivity index (χ2v) is 5.64. The highest BCUT2D eigenvalue weighted by atomic mass is 16.4. The Morgan fingerprint density at radius 2 is 1.85 bits per heavy atom. The van der Waals surface area contributed by atoms with Crippen LogP contribution in [0.4, 0.5) is 4.79 Å². The van der Waals surface area contributed by atoms with Crippen LogP contribution in [-0.4, -0.2) is 65.6 Å². The van der Waals surface area contributed by atoms with Crippen LogP contribution in [0.1, 0.15) is 32.1 Å². The predicted octanol–water partition coefficient (Wildman–Crippen LogP) is 0.393. The van der Waals surface area contributed by atoms with Gasteiger partial charge in [0, 0.05) is 32.2 Å². The van der Waals surface area contributed by atoms with Crippen molar-refractivity contribution in [1.29, 1.82) is 0 Å². The Morgan fingerprint density at radius 1 is 1.20 bits per heavy atom. The summed E-state index contributed by atoms with van der Waals surface area (Å²) in [4.78, 5) is 16.1. The molecule has 0 aromatic heterocycles. The second-order valence-electron chi connectivity index (χ2n) is 5.64. The minimum absolute atomic E-state index is 0.0559. The zero-order valence-corrected chi connectivity index (χ0v) is 11.9. The first-order valence-electron chi connectivity index (χ1n) is 7.43. The van der Waals surface area contributed by atoms with E-state index in [1.54, 1.807) is 0 Å². The van der Waals surface area contributed by atoms with Gasteiger partial charge in [0.25, 0.3) is 0 Å². The lowest BCUT2D eigenvalue weighted by Gasteiger charge is -2.35. The van der Waals surface area contributed by atoms with Crippen LogP contribution < -0.4 is 11.1 Å². The zero-order chi connectivity index (χ0) is 14.4. The molecule has 1 aliphatic carbocycles. The van der Waals surface area contributed by atoms with Crippen LogP contribution in [0.2, 0.25) is 0 Å². The van der Waals surface area contributed by atoms with Gasteiger partial charge in [0.1, 0.15) is 0 Å². The predicted molar refractivity (Wildman–Crippen MR) is 76.8 cm³/mol. The second kappa shape index (κ2) is 7.33. The number of carbonyl (C=O) groups excluding carboxylic acids is 1. The molecule has 2 amide bonds. The minimum Gasteiger partial charge on any atom is -0.409 e. The Bertz CT molecular complexity index is 347. The van der Waals surface area contributed by atoms with Crippen LogP contribution in [0.3, 0.4) is 0 Å². The van der Waals surface area contributed by atoms with Crippen molar-refractivity contribution in [2.24, 2.45) is 10.9 Å². The highest BCUT2D eigenvalue weighted by Gasteiger charge is 2.24. The van der Waals surface area contributed by atoms with Crippen LogP contribution in [0.25, 0.3) is 0 Å². The number of carbonyl (C=O) groups is 1. The topological polar surface area (TPSA) is 94.2 Å². The number of nitrogens with two attached hydrogens (primary N) is 1. The normalized spacial score (nSPS) is 22.8. The Morgan fingerprint density at radius 3 is 2.45 bits per heavy atom. The average Bonchev–Trinajstić information content (AvgIpc) is 2.49. The molecule has 2 rings (SSSR count). The van der Waals surface area contributed by atoms with Crippen molar-refractivity contribution in [3.8, 4) is 0 Å². The quantitative estimate of drug-likeness (QED) is 0.302. The van der Waals surface area contributed by atoms with E-state index in [1.165, 1.54) is 19.3 Å². The largest absolute Gasteiger partial charge is 0.409 e. The number of hydrogen-bond acceptors (Lipinski definition) is 4. The molecule has 2 fully saturated rings. The summed E-state index contributed by atoms with van der Waals surface area (Å²) in [6, 6.07) is 0.409. The highest BCUT2D eigenvalue weighted by molar-refractivity contribution is 5.81. The van der Waals surface area contributed by atoms with Crippen LogP contribution in [0.5, 0.6) is 0 Å². The maximum Gasteiger partial charge on any atom is 0.317 e. The fourth-order valence-electron chi connectivity index (χ4n) is 2.88. The SMILES string of the molecule is NC(CN1CCN(C(=O)NC2CCCCC2)CC1)=NO. The lowest BCUT2D eigenvalue weighted by Crippen LogP contribution is -2.54. The van der Waals surface area contributed by atoms with E-state index in [4.69, 9.17) is 10.9 Å². The van der Waals surface area contributed by atoms with Gasteiger partial charge in [-0.05, 0) is 12.8 Å². The lowest BCUT2D eigenvalue weighted by molar-refractivity contribution is 0.144. The summed E-state index contributed by atoms with van der Waals surface area (Å²) in [6.07, 6.45) is 5.94. The van der Waals surface area contributed by atoms with Crippen molar-refractivity contribution >= 4 is 11.9 Å². The van der Waals surface area contributed by atoms with Crippen LogP contribution in [-0.2, 0) is 0 Å². The van der Waals surface area contributed by atoms with Gasteiger partial charge in [-0.2, -0.15) is 0 Å². The summed E-state index contributed by atoms with van der Waals surface area (Å²) in [6.45, 7) is 3.35. The number of nitrogens with zero attached hydrogens (tertiary/aromatic N) is 3. The Hall–Kier alpha value is -1.50. The van der Waals surface area contributed by atoms with Crippen molar-refractivity contribution in [3.63, 3.8) is 0 Å². The molecule has 114 valence electrons. The first kappa shape index (κ1) is 14.9. The van der Waals surface area contributed by atoms with Gasteiger partial charge < -0.3 is 21.2 Å². The number of nitrogens with one attached hydrogen (secondary N) is 1.